The van der Waals surface area contributed by atoms with Gasteiger partial charge in [-0.15, -0.1) is 0 Å². The van der Waals surface area contributed by atoms with Crippen molar-refractivity contribution in [3.63, 3.8) is 0 Å². The van der Waals surface area contributed by atoms with Crippen molar-refractivity contribution < 1.29 is 14.5 Å². The summed E-state index contributed by atoms with van der Waals surface area (Å²) in [6.07, 6.45) is 4.01. The Morgan fingerprint density at radius 1 is 1.26 bits per heavy atom. The third kappa shape index (κ3) is 4.41. The summed E-state index contributed by atoms with van der Waals surface area (Å²) < 4.78 is 0. The van der Waals surface area contributed by atoms with E-state index in [1.54, 1.807) is 0 Å². The van der Waals surface area contributed by atoms with Gasteiger partial charge in [0.05, 0.1) is 15.6 Å². The average Bonchev–Trinajstić information content (AvgIpc) is 2.51. The molecule has 7 nitrogen and oxygen atoms in total. The minimum Gasteiger partial charge on any atom is -0.345 e. The molecule has 2 atom stereocenters. The molecule has 8 heteroatoms. The van der Waals surface area contributed by atoms with Crippen molar-refractivity contribution in [1.29, 1.82) is 0 Å². The first kappa shape index (κ1) is 17.2. The van der Waals surface area contributed by atoms with E-state index in [0.717, 1.165) is 31.7 Å². The minimum atomic E-state index is -0.884. The molecule has 124 valence electrons. The molecular formula is C15H18ClN3O4. The second kappa shape index (κ2) is 7.41. The number of nitro groups is 1. The van der Waals surface area contributed by atoms with Crippen LogP contribution in [0.4, 0.5) is 11.4 Å². The SMILES string of the molecule is CC1CCCCC1NC(=O)C(=O)Nc1cc([N+](=O)[O-])ccc1Cl. The smallest absolute Gasteiger partial charge is 0.313 e. The summed E-state index contributed by atoms with van der Waals surface area (Å²) in [7, 11) is 0. The van der Waals surface area contributed by atoms with Gasteiger partial charge in [0.25, 0.3) is 5.69 Å². The van der Waals surface area contributed by atoms with Crippen LogP contribution in [0.5, 0.6) is 0 Å². The molecule has 0 bridgehead atoms. The lowest BCUT2D eigenvalue weighted by Gasteiger charge is -2.29. The van der Waals surface area contributed by atoms with Gasteiger partial charge in [-0.05, 0) is 24.8 Å². The van der Waals surface area contributed by atoms with E-state index in [9.17, 15) is 19.7 Å². The summed E-state index contributed by atoms with van der Waals surface area (Å²) in [4.78, 5) is 34.1. The zero-order chi connectivity index (χ0) is 17.0. The van der Waals surface area contributed by atoms with Crippen molar-refractivity contribution in [2.24, 2.45) is 5.92 Å². The predicted molar refractivity (Wildman–Crippen MR) is 86.3 cm³/mol. The van der Waals surface area contributed by atoms with Crippen LogP contribution in [0.3, 0.4) is 0 Å². The van der Waals surface area contributed by atoms with E-state index in [-0.39, 0.29) is 22.4 Å². The average molecular weight is 340 g/mol. The summed E-state index contributed by atoms with van der Waals surface area (Å²) in [6, 6.07) is 3.62. The predicted octanol–water partition coefficient (Wildman–Crippen LogP) is 2.88. The van der Waals surface area contributed by atoms with Crippen LogP contribution in [0.2, 0.25) is 5.02 Å². The largest absolute Gasteiger partial charge is 0.345 e. The van der Waals surface area contributed by atoms with Crippen LogP contribution in [0.25, 0.3) is 0 Å². The molecule has 1 aliphatic carbocycles. The highest BCUT2D eigenvalue weighted by Gasteiger charge is 2.26. The number of nitro benzene ring substituents is 1. The quantitative estimate of drug-likeness (QED) is 0.502. The van der Waals surface area contributed by atoms with E-state index in [4.69, 9.17) is 11.6 Å². The standard InChI is InChI=1S/C15H18ClN3O4/c1-9-4-2-3-5-12(9)17-14(20)15(21)18-13-8-10(19(22)23)6-7-11(13)16/h6-9,12H,2-5H2,1H3,(H,17,20)(H,18,21). The number of hydrogen-bond donors (Lipinski definition) is 2. The number of non-ortho nitro benzene ring substituents is 1. The monoisotopic (exact) mass is 339 g/mol. The van der Waals surface area contributed by atoms with Gasteiger partial charge in [0, 0.05) is 18.2 Å². The number of halogens is 1. The number of carbonyl (C=O) groups excluding carboxylic acids is 2. The van der Waals surface area contributed by atoms with Crippen molar-refractivity contribution >= 4 is 34.8 Å². The molecular weight excluding hydrogens is 322 g/mol. The topological polar surface area (TPSA) is 101 Å². The lowest BCUT2D eigenvalue weighted by atomic mass is 9.86. The Kier molecular flexibility index (Phi) is 5.54. The molecule has 0 heterocycles. The third-order valence-corrected chi connectivity index (χ3v) is 4.37. The molecule has 1 aromatic rings. The Morgan fingerprint density at radius 3 is 2.61 bits per heavy atom. The van der Waals surface area contributed by atoms with E-state index < -0.39 is 16.7 Å². The molecule has 2 unspecified atom stereocenters. The molecule has 1 aromatic carbocycles. The number of carbonyl (C=O) groups is 2. The minimum absolute atomic E-state index is 0.0254. The van der Waals surface area contributed by atoms with E-state index in [1.807, 2.05) is 6.92 Å². The number of hydrogen-bond acceptors (Lipinski definition) is 4. The summed E-state index contributed by atoms with van der Waals surface area (Å²) in [6.45, 7) is 2.04. The van der Waals surface area contributed by atoms with Crippen LogP contribution in [0.15, 0.2) is 18.2 Å². The summed E-state index contributed by atoms with van der Waals surface area (Å²) >= 11 is 5.90. The second-order valence-electron chi connectivity index (χ2n) is 5.72. The first-order valence-corrected chi connectivity index (χ1v) is 7.82. The van der Waals surface area contributed by atoms with Gasteiger partial charge >= 0.3 is 11.8 Å². The molecule has 1 aliphatic rings. The van der Waals surface area contributed by atoms with Gasteiger partial charge in [0.2, 0.25) is 0 Å². The Labute approximate surface area is 138 Å². The van der Waals surface area contributed by atoms with E-state index in [0.29, 0.717) is 5.92 Å². The third-order valence-electron chi connectivity index (χ3n) is 4.04. The highest BCUT2D eigenvalue weighted by Crippen LogP contribution is 2.27. The fourth-order valence-electron chi connectivity index (χ4n) is 2.67. The fourth-order valence-corrected chi connectivity index (χ4v) is 2.83. The van der Waals surface area contributed by atoms with Crippen molar-refractivity contribution in [3.05, 3.63) is 33.3 Å². The number of benzene rings is 1. The van der Waals surface area contributed by atoms with Gasteiger partial charge in [-0.1, -0.05) is 31.4 Å². The molecule has 2 amide bonds. The van der Waals surface area contributed by atoms with E-state index in [2.05, 4.69) is 10.6 Å². The van der Waals surface area contributed by atoms with Gasteiger partial charge in [-0.25, -0.2) is 0 Å². The van der Waals surface area contributed by atoms with Gasteiger partial charge in [0.1, 0.15) is 0 Å². The fraction of sp³-hybridized carbons (Fsp3) is 0.467. The molecule has 1 fully saturated rings. The molecule has 0 saturated heterocycles. The maximum Gasteiger partial charge on any atom is 0.313 e. The van der Waals surface area contributed by atoms with Crippen molar-refractivity contribution in [2.45, 2.75) is 38.6 Å². The Balaban J connectivity index is 2.02. The van der Waals surface area contributed by atoms with Crippen LogP contribution in [-0.4, -0.2) is 22.8 Å². The lowest BCUT2D eigenvalue weighted by molar-refractivity contribution is -0.384. The van der Waals surface area contributed by atoms with Gasteiger partial charge in [-0.2, -0.15) is 0 Å². The molecule has 0 spiro atoms. The Morgan fingerprint density at radius 2 is 1.96 bits per heavy atom. The molecule has 23 heavy (non-hydrogen) atoms. The zero-order valence-electron chi connectivity index (χ0n) is 12.7. The highest BCUT2D eigenvalue weighted by molar-refractivity contribution is 6.41. The lowest BCUT2D eigenvalue weighted by Crippen LogP contribution is -2.45. The maximum absolute atomic E-state index is 12.0. The first-order chi connectivity index (χ1) is 10.9. The number of nitrogens with zero attached hydrogens (tertiary/aromatic N) is 1. The van der Waals surface area contributed by atoms with Gasteiger partial charge < -0.3 is 10.6 Å². The molecule has 0 radical (unpaired) electrons. The second-order valence-corrected chi connectivity index (χ2v) is 6.12. The number of anilines is 1. The van der Waals surface area contributed by atoms with Crippen molar-refractivity contribution in [2.75, 3.05) is 5.32 Å². The van der Waals surface area contributed by atoms with E-state index in [1.165, 1.54) is 12.1 Å². The summed E-state index contributed by atoms with van der Waals surface area (Å²) in [5, 5.41) is 15.9. The summed E-state index contributed by atoms with van der Waals surface area (Å²) in [5.41, 5.74) is -0.177. The number of rotatable bonds is 3. The van der Waals surface area contributed by atoms with Gasteiger partial charge in [-0.3, -0.25) is 19.7 Å². The van der Waals surface area contributed by atoms with Gasteiger partial charge in [0.15, 0.2) is 0 Å². The van der Waals surface area contributed by atoms with Crippen LogP contribution in [-0.2, 0) is 9.59 Å². The zero-order valence-corrected chi connectivity index (χ0v) is 13.4. The van der Waals surface area contributed by atoms with Crippen LogP contribution < -0.4 is 10.6 Å². The summed E-state index contributed by atoms with van der Waals surface area (Å²) in [5.74, 6) is -1.32. The highest BCUT2D eigenvalue weighted by atomic mass is 35.5. The maximum atomic E-state index is 12.0. The Hall–Kier alpha value is -2.15. The molecule has 1 saturated carbocycles. The normalized spacial score (nSPS) is 20.6. The van der Waals surface area contributed by atoms with Crippen LogP contribution in [0.1, 0.15) is 32.6 Å². The number of nitrogens with one attached hydrogen (secondary N) is 2. The first-order valence-electron chi connectivity index (χ1n) is 7.44. The number of amides is 2. The molecule has 2 N–H and O–H groups in total. The van der Waals surface area contributed by atoms with Crippen molar-refractivity contribution in [1.82, 2.24) is 5.32 Å². The van der Waals surface area contributed by atoms with Crippen LogP contribution >= 0.6 is 11.6 Å². The molecule has 0 aliphatic heterocycles. The Bertz CT molecular complexity index is 635. The van der Waals surface area contributed by atoms with Crippen LogP contribution in [0, 0.1) is 16.0 Å². The van der Waals surface area contributed by atoms with Crippen molar-refractivity contribution in [3.8, 4) is 0 Å². The van der Waals surface area contributed by atoms with E-state index >= 15 is 0 Å². The molecule has 0 aromatic heterocycles. The molecule has 2 rings (SSSR count).